The average molecular weight is 420 g/mol. The van der Waals surface area contributed by atoms with Crippen molar-refractivity contribution in [3.05, 3.63) is 28.8 Å². The van der Waals surface area contributed by atoms with Gasteiger partial charge in [0, 0.05) is 10.4 Å². The molecule has 1 saturated heterocycles. The second kappa shape index (κ2) is 7.04. The molecule has 0 saturated carbocycles. The standard InChI is InChI=1S/C22H31BClNO4/c1-13(2)17-15-12-14(24)10-11-16(15)25(19(26)27-20(3,4)5)18(17)23-28-21(6,7)22(8,9)29-23/h10-13H,1-9H3. The molecule has 0 radical (unpaired) electrons. The van der Waals surface area contributed by atoms with Gasteiger partial charge in [-0.3, -0.25) is 4.57 Å². The van der Waals surface area contributed by atoms with E-state index in [4.69, 9.17) is 25.6 Å². The SMILES string of the molecule is CC(C)c1c(B2OC(C)(C)C(C)(C)O2)n(C(=O)OC(C)(C)C)c2ccc(Cl)cc12. The topological polar surface area (TPSA) is 49.7 Å². The molecule has 1 aromatic carbocycles. The first-order chi connectivity index (χ1) is 13.1. The Labute approximate surface area is 178 Å². The van der Waals surface area contributed by atoms with E-state index in [2.05, 4.69) is 13.8 Å². The van der Waals surface area contributed by atoms with Crippen molar-refractivity contribution in [2.24, 2.45) is 0 Å². The van der Waals surface area contributed by atoms with Crippen LogP contribution in [0.4, 0.5) is 4.79 Å². The van der Waals surface area contributed by atoms with Crippen LogP contribution in [-0.4, -0.2) is 34.6 Å². The smallest absolute Gasteiger partial charge is 0.443 e. The van der Waals surface area contributed by atoms with Gasteiger partial charge in [0.1, 0.15) is 5.60 Å². The van der Waals surface area contributed by atoms with Crippen molar-refractivity contribution in [2.75, 3.05) is 0 Å². The zero-order chi connectivity index (χ0) is 21.9. The molecule has 3 rings (SSSR count). The normalized spacial score (nSPS) is 18.7. The van der Waals surface area contributed by atoms with Gasteiger partial charge in [-0.25, -0.2) is 4.79 Å². The van der Waals surface area contributed by atoms with Gasteiger partial charge in [0.15, 0.2) is 0 Å². The predicted octanol–water partition coefficient (Wildman–Crippen LogP) is 5.50. The van der Waals surface area contributed by atoms with Gasteiger partial charge in [0.25, 0.3) is 0 Å². The van der Waals surface area contributed by atoms with Crippen molar-refractivity contribution in [2.45, 2.75) is 85.0 Å². The number of hydrogen-bond acceptors (Lipinski definition) is 4. The lowest BCUT2D eigenvalue weighted by molar-refractivity contribution is 0.00578. The quantitative estimate of drug-likeness (QED) is 0.603. The van der Waals surface area contributed by atoms with Crippen LogP contribution in [0.3, 0.4) is 0 Å². The first kappa shape index (κ1) is 22.2. The van der Waals surface area contributed by atoms with E-state index in [1.54, 1.807) is 10.6 Å². The molecule has 0 spiro atoms. The molecule has 1 fully saturated rings. The molecular weight excluding hydrogens is 389 g/mol. The van der Waals surface area contributed by atoms with Gasteiger partial charge in [-0.1, -0.05) is 25.4 Å². The largest absolute Gasteiger partial charge is 0.513 e. The first-order valence-corrected chi connectivity index (χ1v) is 10.4. The number of carbonyl (C=O) groups excluding carboxylic acids is 1. The van der Waals surface area contributed by atoms with Crippen LogP contribution in [0.5, 0.6) is 0 Å². The molecule has 0 N–H and O–H groups in total. The third-order valence-corrected chi connectivity index (χ3v) is 5.87. The number of aromatic nitrogens is 1. The zero-order valence-corrected chi connectivity index (χ0v) is 19.6. The maximum Gasteiger partial charge on any atom is 0.513 e. The lowest BCUT2D eigenvalue weighted by Crippen LogP contribution is -2.44. The van der Waals surface area contributed by atoms with Crippen LogP contribution in [0.2, 0.25) is 5.02 Å². The Balaban J connectivity index is 2.31. The Morgan fingerprint density at radius 2 is 1.69 bits per heavy atom. The fourth-order valence-corrected chi connectivity index (χ4v) is 3.78. The van der Waals surface area contributed by atoms with Crippen LogP contribution in [0.15, 0.2) is 18.2 Å². The molecular formula is C22H31BClNO4. The molecule has 0 amide bonds. The van der Waals surface area contributed by atoms with Crippen LogP contribution >= 0.6 is 11.6 Å². The summed E-state index contributed by atoms with van der Waals surface area (Å²) in [7, 11) is -0.698. The summed E-state index contributed by atoms with van der Waals surface area (Å²) in [6.07, 6.45) is -0.457. The summed E-state index contributed by atoms with van der Waals surface area (Å²) >= 11 is 6.31. The van der Waals surface area contributed by atoms with E-state index in [-0.39, 0.29) is 5.92 Å². The summed E-state index contributed by atoms with van der Waals surface area (Å²) in [5, 5.41) is 1.52. The molecule has 0 aliphatic carbocycles. The molecule has 5 nitrogen and oxygen atoms in total. The fourth-order valence-electron chi connectivity index (χ4n) is 3.61. The number of hydrogen-bond donors (Lipinski definition) is 0. The first-order valence-electron chi connectivity index (χ1n) is 10.1. The van der Waals surface area contributed by atoms with Gasteiger partial charge < -0.3 is 14.0 Å². The molecule has 0 atom stereocenters. The Bertz CT molecular complexity index is 940. The van der Waals surface area contributed by atoms with E-state index in [1.807, 2.05) is 60.6 Å². The van der Waals surface area contributed by atoms with Gasteiger partial charge in [-0.15, -0.1) is 0 Å². The summed E-state index contributed by atoms with van der Waals surface area (Å²) in [6, 6.07) is 5.52. The summed E-state index contributed by atoms with van der Waals surface area (Å²) < 4.78 is 20.0. The number of fused-ring (bicyclic) bond motifs is 1. The maximum absolute atomic E-state index is 13.3. The molecule has 7 heteroatoms. The summed E-state index contributed by atoms with van der Waals surface area (Å²) in [4.78, 5) is 13.3. The predicted molar refractivity (Wildman–Crippen MR) is 118 cm³/mol. The van der Waals surface area contributed by atoms with E-state index in [9.17, 15) is 4.79 Å². The number of halogens is 1. The van der Waals surface area contributed by atoms with E-state index < -0.39 is 30.0 Å². The summed E-state index contributed by atoms with van der Waals surface area (Å²) in [5.41, 5.74) is 0.692. The monoisotopic (exact) mass is 419 g/mol. The van der Waals surface area contributed by atoms with Gasteiger partial charge in [-0.05, 0) is 78.1 Å². The fraction of sp³-hybridized carbons (Fsp3) is 0.591. The molecule has 2 aromatic rings. The number of nitrogens with zero attached hydrogens (tertiary/aromatic N) is 1. The Hall–Kier alpha value is -1.50. The molecule has 0 unspecified atom stereocenters. The van der Waals surface area contributed by atoms with Crippen molar-refractivity contribution in [3.8, 4) is 0 Å². The van der Waals surface area contributed by atoms with Crippen LogP contribution < -0.4 is 5.59 Å². The minimum absolute atomic E-state index is 0.119. The van der Waals surface area contributed by atoms with Gasteiger partial charge in [0.2, 0.25) is 0 Å². The van der Waals surface area contributed by atoms with E-state index >= 15 is 0 Å². The van der Waals surface area contributed by atoms with E-state index in [0.29, 0.717) is 10.6 Å². The van der Waals surface area contributed by atoms with Crippen LogP contribution in [0, 0.1) is 0 Å². The minimum atomic E-state index is -0.698. The van der Waals surface area contributed by atoms with E-state index in [1.165, 1.54) is 0 Å². The molecule has 2 heterocycles. The molecule has 1 aromatic heterocycles. The zero-order valence-electron chi connectivity index (χ0n) is 18.8. The molecule has 158 valence electrons. The minimum Gasteiger partial charge on any atom is -0.443 e. The lowest BCUT2D eigenvalue weighted by Gasteiger charge is -2.32. The molecule has 0 bridgehead atoms. The van der Waals surface area contributed by atoms with Crippen LogP contribution in [0.25, 0.3) is 10.9 Å². The Morgan fingerprint density at radius 1 is 1.14 bits per heavy atom. The second-order valence-electron chi connectivity index (χ2n) is 10.0. The third-order valence-electron chi connectivity index (χ3n) is 5.64. The highest BCUT2D eigenvalue weighted by Crippen LogP contribution is 2.39. The number of ether oxygens (including phenoxy) is 1. The maximum atomic E-state index is 13.3. The Morgan fingerprint density at radius 3 is 2.17 bits per heavy atom. The van der Waals surface area contributed by atoms with Crippen molar-refractivity contribution in [1.82, 2.24) is 4.57 Å². The number of rotatable bonds is 2. The molecule has 29 heavy (non-hydrogen) atoms. The average Bonchev–Trinajstić information content (AvgIpc) is 2.96. The summed E-state index contributed by atoms with van der Waals surface area (Å²) in [5.74, 6) is 0.119. The van der Waals surface area contributed by atoms with Crippen molar-refractivity contribution < 1.29 is 18.8 Å². The van der Waals surface area contributed by atoms with E-state index in [0.717, 1.165) is 16.5 Å². The van der Waals surface area contributed by atoms with Crippen molar-refractivity contribution in [3.63, 3.8) is 0 Å². The highest BCUT2D eigenvalue weighted by atomic mass is 35.5. The van der Waals surface area contributed by atoms with Gasteiger partial charge >= 0.3 is 13.2 Å². The highest BCUT2D eigenvalue weighted by molar-refractivity contribution is 6.63. The molecule has 1 aliphatic rings. The summed E-state index contributed by atoms with van der Waals surface area (Å²) in [6.45, 7) is 17.7. The van der Waals surface area contributed by atoms with Gasteiger partial charge in [0.05, 0.1) is 22.3 Å². The lowest BCUT2D eigenvalue weighted by atomic mass is 9.78. The third kappa shape index (κ3) is 3.95. The van der Waals surface area contributed by atoms with Gasteiger partial charge in [-0.2, -0.15) is 0 Å². The highest BCUT2D eigenvalue weighted by Gasteiger charge is 2.54. The Kier molecular flexibility index (Phi) is 5.38. The van der Waals surface area contributed by atoms with Crippen LogP contribution in [-0.2, 0) is 14.0 Å². The number of benzene rings is 1. The van der Waals surface area contributed by atoms with Crippen molar-refractivity contribution in [1.29, 1.82) is 0 Å². The van der Waals surface area contributed by atoms with Crippen LogP contribution in [0.1, 0.15) is 73.8 Å². The molecule has 1 aliphatic heterocycles. The number of carbonyl (C=O) groups is 1. The van der Waals surface area contributed by atoms with Crippen molar-refractivity contribution >= 4 is 41.3 Å². The second-order valence-corrected chi connectivity index (χ2v) is 10.5.